The van der Waals surface area contributed by atoms with E-state index in [1.54, 1.807) is 24.3 Å². The quantitative estimate of drug-likeness (QED) is 0.537. The van der Waals surface area contributed by atoms with Crippen LogP contribution in [0.15, 0.2) is 54.2 Å². The second kappa shape index (κ2) is 8.49. The summed E-state index contributed by atoms with van der Waals surface area (Å²) >= 11 is 2.26. The number of hydrogen-bond acceptors (Lipinski definition) is 3. The fourth-order valence-electron chi connectivity index (χ4n) is 1.94. The number of halogens is 1. The van der Waals surface area contributed by atoms with Gasteiger partial charge >= 0.3 is 5.97 Å². The van der Waals surface area contributed by atoms with Crippen LogP contribution in [0.5, 0.6) is 5.75 Å². The highest BCUT2D eigenvalue weighted by atomic mass is 127. The van der Waals surface area contributed by atoms with Crippen LogP contribution in [-0.2, 0) is 16.2 Å². The molecule has 0 saturated carbocycles. The first kappa shape index (κ1) is 18.0. The molecule has 24 heavy (non-hydrogen) atoms. The molecule has 5 nitrogen and oxygen atoms in total. The molecule has 0 aliphatic carbocycles. The van der Waals surface area contributed by atoms with Crippen LogP contribution in [0.2, 0.25) is 0 Å². The SMILES string of the molecule is CC(=O)NC(=Cc1ccc(OCc2ccccc2I)cc1)C(=O)O. The second-order valence-corrected chi connectivity index (χ2v) is 6.16. The van der Waals surface area contributed by atoms with Gasteiger partial charge in [-0.05, 0) is 52.4 Å². The topological polar surface area (TPSA) is 75.6 Å². The highest BCUT2D eigenvalue weighted by Gasteiger charge is 2.08. The summed E-state index contributed by atoms with van der Waals surface area (Å²) in [5.74, 6) is -0.937. The molecule has 0 bridgehead atoms. The number of carboxylic acids is 1. The molecule has 0 unspecified atom stereocenters. The van der Waals surface area contributed by atoms with Gasteiger partial charge in [0.15, 0.2) is 0 Å². The molecule has 0 heterocycles. The van der Waals surface area contributed by atoms with E-state index in [1.807, 2.05) is 24.3 Å². The van der Waals surface area contributed by atoms with Gasteiger partial charge in [0, 0.05) is 16.1 Å². The second-order valence-electron chi connectivity index (χ2n) is 4.99. The minimum atomic E-state index is -1.19. The van der Waals surface area contributed by atoms with Gasteiger partial charge in [0.25, 0.3) is 0 Å². The average Bonchev–Trinajstić information content (AvgIpc) is 2.54. The Bertz CT molecular complexity index is 769. The molecule has 0 fully saturated rings. The Morgan fingerprint density at radius 1 is 1.17 bits per heavy atom. The first-order valence-corrected chi connectivity index (χ1v) is 8.22. The van der Waals surface area contributed by atoms with Gasteiger partial charge in [-0.1, -0.05) is 30.3 Å². The standard InChI is InChI=1S/C18H16INO4/c1-12(21)20-17(18(22)23)10-13-6-8-15(9-7-13)24-11-14-4-2-3-5-16(14)19/h2-10H,11H2,1H3,(H,20,21)(H,22,23). The summed E-state index contributed by atoms with van der Waals surface area (Å²) in [6, 6.07) is 14.9. The van der Waals surface area contributed by atoms with Crippen molar-refractivity contribution in [2.45, 2.75) is 13.5 Å². The van der Waals surface area contributed by atoms with Gasteiger partial charge in [0.05, 0.1) is 0 Å². The van der Waals surface area contributed by atoms with Gasteiger partial charge in [-0.2, -0.15) is 0 Å². The number of carbonyl (C=O) groups excluding carboxylic acids is 1. The van der Waals surface area contributed by atoms with Crippen LogP contribution in [0.4, 0.5) is 0 Å². The van der Waals surface area contributed by atoms with E-state index >= 15 is 0 Å². The number of carbonyl (C=O) groups is 2. The monoisotopic (exact) mass is 437 g/mol. The largest absolute Gasteiger partial charge is 0.489 e. The van der Waals surface area contributed by atoms with E-state index in [1.165, 1.54) is 13.0 Å². The van der Waals surface area contributed by atoms with E-state index in [0.29, 0.717) is 17.9 Å². The highest BCUT2D eigenvalue weighted by Crippen LogP contribution is 2.18. The fourth-order valence-corrected chi connectivity index (χ4v) is 2.49. The van der Waals surface area contributed by atoms with Crippen molar-refractivity contribution in [2.24, 2.45) is 0 Å². The normalized spacial score (nSPS) is 11.0. The molecule has 2 rings (SSSR count). The van der Waals surface area contributed by atoms with E-state index in [2.05, 4.69) is 27.9 Å². The minimum Gasteiger partial charge on any atom is -0.489 e. The van der Waals surface area contributed by atoms with Crippen LogP contribution in [-0.4, -0.2) is 17.0 Å². The summed E-state index contributed by atoms with van der Waals surface area (Å²) < 4.78 is 6.87. The molecule has 0 aliphatic heterocycles. The molecule has 6 heteroatoms. The van der Waals surface area contributed by atoms with E-state index in [4.69, 9.17) is 9.84 Å². The van der Waals surface area contributed by atoms with Gasteiger partial charge in [0.1, 0.15) is 18.1 Å². The Hall–Kier alpha value is -2.35. The van der Waals surface area contributed by atoms with E-state index in [0.717, 1.165) is 9.13 Å². The minimum absolute atomic E-state index is 0.171. The van der Waals surface area contributed by atoms with Crippen LogP contribution >= 0.6 is 22.6 Å². The molecule has 0 radical (unpaired) electrons. The number of rotatable bonds is 6. The van der Waals surface area contributed by atoms with Crippen molar-refractivity contribution >= 4 is 40.5 Å². The summed E-state index contributed by atoms with van der Waals surface area (Å²) in [4.78, 5) is 22.1. The Labute approximate surface area is 153 Å². The summed E-state index contributed by atoms with van der Waals surface area (Å²) in [5, 5.41) is 11.4. The molecule has 0 aliphatic rings. The Morgan fingerprint density at radius 3 is 2.42 bits per heavy atom. The summed E-state index contributed by atoms with van der Waals surface area (Å²) in [5.41, 5.74) is 1.58. The van der Waals surface area contributed by atoms with Gasteiger partial charge in [-0.3, -0.25) is 4.79 Å². The Morgan fingerprint density at radius 2 is 1.83 bits per heavy atom. The van der Waals surface area contributed by atoms with Crippen molar-refractivity contribution < 1.29 is 19.4 Å². The van der Waals surface area contributed by atoms with Crippen molar-refractivity contribution in [1.29, 1.82) is 0 Å². The summed E-state index contributed by atoms with van der Waals surface area (Å²) in [6.07, 6.45) is 1.40. The van der Waals surface area contributed by atoms with Crippen LogP contribution < -0.4 is 10.1 Å². The zero-order valence-electron chi connectivity index (χ0n) is 13.0. The van der Waals surface area contributed by atoms with E-state index in [-0.39, 0.29) is 5.70 Å². The lowest BCUT2D eigenvalue weighted by molar-refractivity contribution is -0.134. The van der Waals surface area contributed by atoms with Gasteiger partial charge in [0.2, 0.25) is 5.91 Å². The zero-order valence-corrected chi connectivity index (χ0v) is 15.1. The predicted octanol–water partition coefficient (Wildman–Crippen LogP) is 3.43. The lowest BCUT2D eigenvalue weighted by atomic mass is 10.2. The molecule has 2 N–H and O–H groups in total. The first-order chi connectivity index (χ1) is 11.5. The molecular formula is C18H16INO4. The molecule has 2 aromatic rings. The number of aliphatic carboxylic acids is 1. The van der Waals surface area contributed by atoms with Gasteiger partial charge < -0.3 is 15.2 Å². The average molecular weight is 437 g/mol. The Kier molecular flexibility index (Phi) is 6.36. The molecule has 1 amide bonds. The third-order valence-electron chi connectivity index (χ3n) is 3.08. The predicted molar refractivity (Wildman–Crippen MR) is 99.4 cm³/mol. The molecule has 0 atom stereocenters. The molecule has 0 aromatic heterocycles. The van der Waals surface area contributed by atoms with Gasteiger partial charge in [-0.15, -0.1) is 0 Å². The van der Waals surface area contributed by atoms with E-state index in [9.17, 15) is 9.59 Å². The molecule has 124 valence electrons. The maximum atomic E-state index is 11.1. The third-order valence-corrected chi connectivity index (χ3v) is 4.14. The zero-order chi connectivity index (χ0) is 17.5. The van der Waals surface area contributed by atoms with Crippen LogP contribution in [0.3, 0.4) is 0 Å². The lowest BCUT2D eigenvalue weighted by Crippen LogP contribution is -2.24. The number of ether oxygens (including phenoxy) is 1. The van der Waals surface area contributed by atoms with Crippen LogP contribution in [0.25, 0.3) is 6.08 Å². The molecule has 0 spiro atoms. The lowest BCUT2D eigenvalue weighted by Gasteiger charge is -2.08. The van der Waals surface area contributed by atoms with Gasteiger partial charge in [-0.25, -0.2) is 4.79 Å². The number of hydrogen-bond donors (Lipinski definition) is 2. The molecule has 0 saturated heterocycles. The van der Waals surface area contributed by atoms with Crippen LogP contribution in [0.1, 0.15) is 18.1 Å². The first-order valence-electron chi connectivity index (χ1n) is 7.14. The molecular weight excluding hydrogens is 421 g/mol. The van der Waals surface area contributed by atoms with Crippen molar-refractivity contribution in [3.8, 4) is 5.75 Å². The fraction of sp³-hybridized carbons (Fsp3) is 0.111. The van der Waals surface area contributed by atoms with Crippen molar-refractivity contribution in [1.82, 2.24) is 5.32 Å². The highest BCUT2D eigenvalue weighted by molar-refractivity contribution is 14.1. The summed E-state index contributed by atoms with van der Waals surface area (Å²) in [6.45, 7) is 1.72. The van der Waals surface area contributed by atoms with Crippen molar-refractivity contribution in [2.75, 3.05) is 0 Å². The summed E-state index contributed by atoms with van der Waals surface area (Å²) in [7, 11) is 0. The maximum Gasteiger partial charge on any atom is 0.352 e. The number of amides is 1. The number of benzene rings is 2. The third kappa shape index (κ3) is 5.38. The van der Waals surface area contributed by atoms with E-state index < -0.39 is 11.9 Å². The maximum absolute atomic E-state index is 11.1. The Balaban J connectivity index is 2.06. The van der Waals surface area contributed by atoms with Crippen molar-refractivity contribution in [3.63, 3.8) is 0 Å². The number of nitrogens with one attached hydrogen (secondary N) is 1. The van der Waals surface area contributed by atoms with Crippen molar-refractivity contribution in [3.05, 3.63) is 68.9 Å². The number of carboxylic acid groups (broad SMARTS) is 1. The smallest absolute Gasteiger partial charge is 0.352 e. The van der Waals surface area contributed by atoms with Crippen LogP contribution in [0, 0.1) is 3.57 Å². The molecule has 2 aromatic carbocycles.